The van der Waals surface area contributed by atoms with Gasteiger partial charge in [-0.1, -0.05) is 0 Å². The van der Waals surface area contributed by atoms with Gasteiger partial charge in [-0.25, -0.2) is 4.39 Å². The van der Waals surface area contributed by atoms with Crippen molar-refractivity contribution >= 4 is 28.9 Å². The number of nitrogens with zero attached hydrogens (tertiary/aromatic N) is 3. The molecule has 1 amide bonds. The van der Waals surface area contributed by atoms with E-state index in [-0.39, 0.29) is 11.7 Å². The second kappa shape index (κ2) is 6.22. The average Bonchev–Trinajstić information content (AvgIpc) is 3.17. The van der Waals surface area contributed by atoms with Crippen LogP contribution in [-0.4, -0.2) is 58.2 Å². The molecule has 5 nitrogen and oxygen atoms in total. The van der Waals surface area contributed by atoms with Crippen LogP contribution in [0.2, 0.25) is 0 Å². The molecule has 2 saturated heterocycles. The van der Waals surface area contributed by atoms with Crippen molar-refractivity contribution in [2.24, 2.45) is 4.99 Å². The number of piperazine rings is 1. The Labute approximate surface area is 143 Å². The van der Waals surface area contributed by atoms with E-state index in [1.165, 1.54) is 55.4 Å². The van der Waals surface area contributed by atoms with Crippen molar-refractivity contribution in [3.8, 4) is 5.75 Å². The Morgan fingerprint density at radius 1 is 1.33 bits per heavy atom. The molecule has 3 aliphatic heterocycles. The van der Waals surface area contributed by atoms with Crippen LogP contribution in [0.4, 0.5) is 4.39 Å². The lowest BCUT2D eigenvalue weighted by molar-refractivity contribution is -0.113. The highest BCUT2D eigenvalue weighted by atomic mass is 32.2. The highest BCUT2D eigenvalue weighted by molar-refractivity contribution is 8.18. The smallest absolute Gasteiger partial charge is 0.286 e. The van der Waals surface area contributed by atoms with Crippen molar-refractivity contribution in [3.63, 3.8) is 0 Å². The van der Waals surface area contributed by atoms with Gasteiger partial charge in [-0.05, 0) is 55.4 Å². The first-order chi connectivity index (χ1) is 11.6. The number of carbonyl (C=O) groups is 1. The van der Waals surface area contributed by atoms with Gasteiger partial charge in [0.05, 0.1) is 4.91 Å². The molecule has 0 spiro atoms. The van der Waals surface area contributed by atoms with Gasteiger partial charge in [-0.2, -0.15) is 4.99 Å². The van der Waals surface area contributed by atoms with Crippen LogP contribution in [0.5, 0.6) is 5.75 Å². The summed E-state index contributed by atoms with van der Waals surface area (Å²) in [7, 11) is 0. The third-order valence-corrected chi connectivity index (χ3v) is 5.79. The molecule has 3 aliphatic rings. The standard InChI is InChI=1S/C17H18FN3O2S/c18-12-3-4-14(22)11(8-12)9-15-16(23)19-17(24-15)21-7-6-20-5-1-2-13(20)10-21/h3-4,8-9,13,22H,1-2,5-7,10H2/t13-/m1/s1. The highest BCUT2D eigenvalue weighted by Gasteiger charge is 2.34. The van der Waals surface area contributed by atoms with E-state index in [9.17, 15) is 14.3 Å². The first-order valence-corrected chi connectivity index (χ1v) is 8.92. The van der Waals surface area contributed by atoms with Crippen LogP contribution in [0.3, 0.4) is 0 Å². The Bertz CT molecular complexity index is 749. The fourth-order valence-electron chi connectivity index (χ4n) is 3.48. The van der Waals surface area contributed by atoms with Gasteiger partial charge < -0.3 is 10.0 Å². The first-order valence-electron chi connectivity index (χ1n) is 8.10. The molecule has 0 bridgehead atoms. The molecule has 0 aliphatic carbocycles. The van der Waals surface area contributed by atoms with Crippen molar-refractivity contribution in [2.45, 2.75) is 18.9 Å². The molecule has 1 atom stereocenters. The van der Waals surface area contributed by atoms with Gasteiger partial charge in [0, 0.05) is 31.2 Å². The van der Waals surface area contributed by atoms with Gasteiger partial charge in [0.25, 0.3) is 5.91 Å². The second-order valence-corrected chi connectivity index (χ2v) is 7.30. The molecule has 1 aromatic rings. The quantitative estimate of drug-likeness (QED) is 0.790. The number of carbonyl (C=O) groups excluding carboxylic acids is 1. The number of amides is 1. The number of aromatic hydroxyl groups is 1. The van der Waals surface area contributed by atoms with E-state index in [2.05, 4.69) is 14.8 Å². The molecular formula is C17H18FN3O2S. The normalized spacial score (nSPS) is 26.1. The molecule has 2 fully saturated rings. The van der Waals surface area contributed by atoms with E-state index in [0.29, 0.717) is 21.7 Å². The van der Waals surface area contributed by atoms with Gasteiger partial charge in [0.15, 0.2) is 5.17 Å². The van der Waals surface area contributed by atoms with Crippen molar-refractivity contribution in [3.05, 3.63) is 34.5 Å². The maximum absolute atomic E-state index is 13.3. The van der Waals surface area contributed by atoms with Crippen LogP contribution in [0.25, 0.3) is 6.08 Å². The van der Waals surface area contributed by atoms with Gasteiger partial charge in [-0.15, -0.1) is 0 Å². The lowest BCUT2D eigenvalue weighted by Crippen LogP contribution is -2.51. The number of hydrogen-bond donors (Lipinski definition) is 1. The van der Waals surface area contributed by atoms with Crippen molar-refractivity contribution in [1.29, 1.82) is 0 Å². The third kappa shape index (κ3) is 2.93. The van der Waals surface area contributed by atoms with Crippen LogP contribution in [-0.2, 0) is 4.79 Å². The lowest BCUT2D eigenvalue weighted by atomic mass is 10.2. The molecule has 24 heavy (non-hydrogen) atoms. The number of aliphatic imine (C=N–C) groups is 1. The SMILES string of the molecule is O=C1N=C(N2CCN3CCC[C@@H]3C2)SC1=Cc1cc(F)ccc1O. The molecule has 3 heterocycles. The topological polar surface area (TPSA) is 56.1 Å². The van der Waals surface area contributed by atoms with Crippen molar-refractivity contribution < 1.29 is 14.3 Å². The number of phenolic OH excluding ortho intramolecular Hbond substituents is 1. The summed E-state index contributed by atoms with van der Waals surface area (Å²) in [5.74, 6) is -0.827. The van der Waals surface area contributed by atoms with Crippen LogP contribution < -0.4 is 0 Å². The Kier molecular flexibility index (Phi) is 4.05. The first kappa shape index (κ1) is 15.7. The summed E-state index contributed by atoms with van der Waals surface area (Å²) < 4.78 is 13.3. The minimum absolute atomic E-state index is 0.0506. The van der Waals surface area contributed by atoms with Crippen molar-refractivity contribution in [1.82, 2.24) is 9.80 Å². The summed E-state index contributed by atoms with van der Waals surface area (Å²) in [5, 5.41) is 10.5. The van der Waals surface area contributed by atoms with Gasteiger partial charge in [0.1, 0.15) is 11.6 Å². The highest BCUT2D eigenvalue weighted by Crippen LogP contribution is 2.33. The maximum Gasteiger partial charge on any atom is 0.286 e. The number of fused-ring (bicyclic) bond motifs is 1. The molecule has 4 rings (SSSR count). The fraction of sp³-hybridized carbons (Fsp3) is 0.412. The lowest BCUT2D eigenvalue weighted by Gasteiger charge is -2.38. The summed E-state index contributed by atoms with van der Waals surface area (Å²) in [6.07, 6.45) is 3.94. The molecule has 126 valence electrons. The zero-order valence-electron chi connectivity index (χ0n) is 13.1. The Balaban J connectivity index is 1.51. The van der Waals surface area contributed by atoms with Crippen LogP contribution in [0, 0.1) is 5.82 Å². The third-order valence-electron chi connectivity index (χ3n) is 4.74. The monoisotopic (exact) mass is 347 g/mol. The number of thioether (sulfide) groups is 1. The summed E-state index contributed by atoms with van der Waals surface area (Å²) in [6.45, 7) is 3.94. The fourth-order valence-corrected chi connectivity index (χ4v) is 4.42. The Hall–Kier alpha value is -1.86. The zero-order chi connectivity index (χ0) is 16.7. The van der Waals surface area contributed by atoms with Gasteiger partial charge in [-0.3, -0.25) is 9.69 Å². The molecule has 0 unspecified atom stereocenters. The van der Waals surface area contributed by atoms with E-state index < -0.39 is 5.82 Å². The number of phenols is 1. The summed E-state index contributed by atoms with van der Waals surface area (Å²) in [4.78, 5) is 21.4. The summed E-state index contributed by atoms with van der Waals surface area (Å²) in [5.41, 5.74) is 0.294. The predicted octanol–water partition coefficient (Wildman–Crippen LogP) is 2.28. The molecule has 0 aromatic heterocycles. The predicted molar refractivity (Wildman–Crippen MR) is 92.2 cm³/mol. The van der Waals surface area contributed by atoms with E-state index in [4.69, 9.17) is 0 Å². The maximum atomic E-state index is 13.3. The molecular weight excluding hydrogens is 329 g/mol. The molecule has 0 radical (unpaired) electrons. The number of benzene rings is 1. The van der Waals surface area contributed by atoms with Crippen molar-refractivity contribution in [2.75, 3.05) is 26.2 Å². The summed E-state index contributed by atoms with van der Waals surface area (Å²) in [6, 6.07) is 4.24. The van der Waals surface area contributed by atoms with E-state index in [1.54, 1.807) is 0 Å². The zero-order valence-corrected chi connectivity index (χ0v) is 13.9. The van der Waals surface area contributed by atoms with E-state index >= 15 is 0 Å². The summed E-state index contributed by atoms with van der Waals surface area (Å²) >= 11 is 1.30. The largest absolute Gasteiger partial charge is 0.507 e. The number of halogens is 1. The molecule has 1 N–H and O–H groups in total. The minimum atomic E-state index is -0.450. The molecule has 0 saturated carbocycles. The average molecular weight is 347 g/mol. The van der Waals surface area contributed by atoms with E-state index in [1.807, 2.05) is 0 Å². The molecule has 1 aromatic carbocycles. The van der Waals surface area contributed by atoms with Crippen LogP contribution in [0.15, 0.2) is 28.1 Å². The minimum Gasteiger partial charge on any atom is -0.507 e. The second-order valence-electron chi connectivity index (χ2n) is 6.29. The van der Waals surface area contributed by atoms with Gasteiger partial charge in [0.2, 0.25) is 0 Å². The Morgan fingerprint density at radius 3 is 3.08 bits per heavy atom. The molecule has 7 heteroatoms. The van der Waals surface area contributed by atoms with Crippen LogP contribution >= 0.6 is 11.8 Å². The Morgan fingerprint density at radius 2 is 2.21 bits per heavy atom. The van der Waals surface area contributed by atoms with Gasteiger partial charge >= 0.3 is 0 Å². The van der Waals surface area contributed by atoms with E-state index in [0.717, 1.165) is 19.6 Å². The number of hydrogen-bond acceptors (Lipinski definition) is 5. The van der Waals surface area contributed by atoms with Crippen LogP contribution in [0.1, 0.15) is 18.4 Å². The number of amidine groups is 1. The number of rotatable bonds is 1.